The Morgan fingerprint density at radius 2 is 1.66 bits per heavy atom. The third kappa shape index (κ3) is 5.25. The summed E-state index contributed by atoms with van der Waals surface area (Å²) >= 11 is 0. The molecule has 0 aromatic heterocycles. The lowest BCUT2D eigenvalue weighted by atomic mass is 9.99. The van der Waals surface area contributed by atoms with Crippen LogP contribution in [0.4, 0.5) is 11.4 Å². The minimum Gasteiger partial charge on any atom is -0.326 e. The van der Waals surface area contributed by atoms with Gasteiger partial charge in [0.25, 0.3) is 0 Å². The highest BCUT2D eigenvalue weighted by atomic mass is 16.2. The molecule has 0 aliphatic carbocycles. The Labute approximate surface area is 190 Å². The van der Waals surface area contributed by atoms with E-state index in [-0.39, 0.29) is 11.8 Å². The fourth-order valence-electron chi connectivity index (χ4n) is 4.11. The normalized spacial score (nSPS) is 13.2. The fourth-order valence-corrected chi connectivity index (χ4v) is 4.11. The lowest BCUT2D eigenvalue weighted by Crippen LogP contribution is -2.36. The van der Waals surface area contributed by atoms with E-state index < -0.39 is 0 Å². The Balaban J connectivity index is 1.40. The van der Waals surface area contributed by atoms with Crippen LogP contribution in [0.5, 0.6) is 0 Å². The molecule has 0 radical (unpaired) electrons. The first-order valence-electron chi connectivity index (χ1n) is 11.4. The molecule has 0 unspecified atom stereocenters. The van der Waals surface area contributed by atoms with Crippen molar-refractivity contribution in [3.8, 4) is 11.1 Å². The molecule has 32 heavy (non-hydrogen) atoms. The number of hydrogen-bond donors (Lipinski definition) is 1. The zero-order valence-electron chi connectivity index (χ0n) is 18.8. The fraction of sp³-hybridized carbons (Fsp3) is 0.286. The van der Waals surface area contributed by atoms with E-state index in [1.807, 2.05) is 53.4 Å². The molecule has 4 nitrogen and oxygen atoms in total. The Kier molecular flexibility index (Phi) is 6.69. The van der Waals surface area contributed by atoms with E-state index in [2.05, 4.69) is 43.4 Å². The summed E-state index contributed by atoms with van der Waals surface area (Å²) in [7, 11) is 0. The first kappa shape index (κ1) is 21.8. The SMILES string of the molecule is CC(C)CCN1C(=O)CCc2cc(NC(=O)Cc3ccc(-c4ccccc4)cc3)ccc21. The smallest absolute Gasteiger partial charge is 0.228 e. The number of rotatable bonds is 7. The van der Waals surface area contributed by atoms with Crippen molar-refractivity contribution < 1.29 is 9.59 Å². The van der Waals surface area contributed by atoms with Crippen LogP contribution in [0.2, 0.25) is 0 Å². The molecular formula is C28H30N2O2. The standard InChI is InChI=1S/C28H30N2O2/c1-20(2)16-17-30-26-14-13-25(19-24(26)12-15-28(30)32)29-27(31)18-21-8-10-23(11-9-21)22-6-4-3-5-7-22/h3-11,13-14,19-20H,12,15-18H2,1-2H3,(H,29,31). The maximum atomic E-state index is 12.6. The average Bonchev–Trinajstić information content (AvgIpc) is 2.79. The number of nitrogens with zero attached hydrogens (tertiary/aromatic N) is 1. The third-order valence-corrected chi connectivity index (χ3v) is 5.92. The van der Waals surface area contributed by atoms with Gasteiger partial charge in [0.2, 0.25) is 11.8 Å². The molecular weight excluding hydrogens is 396 g/mol. The van der Waals surface area contributed by atoms with Gasteiger partial charge in [-0.1, -0.05) is 68.4 Å². The Bertz CT molecular complexity index is 1090. The van der Waals surface area contributed by atoms with Crippen LogP contribution in [-0.2, 0) is 22.4 Å². The first-order chi connectivity index (χ1) is 15.5. The summed E-state index contributed by atoms with van der Waals surface area (Å²) in [5.74, 6) is 0.698. The number of nitrogens with one attached hydrogen (secondary N) is 1. The van der Waals surface area contributed by atoms with Gasteiger partial charge in [-0.3, -0.25) is 9.59 Å². The molecule has 0 saturated carbocycles. The summed E-state index contributed by atoms with van der Waals surface area (Å²) in [6, 6.07) is 24.2. The number of fused-ring (bicyclic) bond motifs is 1. The summed E-state index contributed by atoms with van der Waals surface area (Å²) in [6.45, 7) is 5.08. The summed E-state index contributed by atoms with van der Waals surface area (Å²) in [6.07, 6.45) is 2.55. The van der Waals surface area contributed by atoms with E-state index in [9.17, 15) is 9.59 Å². The van der Waals surface area contributed by atoms with E-state index in [0.29, 0.717) is 18.8 Å². The largest absolute Gasteiger partial charge is 0.326 e. The van der Waals surface area contributed by atoms with Crippen molar-refractivity contribution in [1.29, 1.82) is 0 Å². The maximum Gasteiger partial charge on any atom is 0.228 e. The molecule has 1 N–H and O–H groups in total. The van der Waals surface area contributed by atoms with Gasteiger partial charge in [0, 0.05) is 24.3 Å². The van der Waals surface area contributed by atoms with E-state index in [0.717, 1.165) is 47.5 Å². The minimum absolute atomic E-state index is 0.0408. The van der Waals surface area contributed by atoms with Gasteiger partial charge in [-0.2, -0.15) is 0 Å². The summed E-state index contributed by atoms with van der Waals surface area (Å²) in [4.78, 5) is 26.9. The van der Waals surface area contributed by atoms with Gasteiger partial charge in [0.15, 0.2) is 0 Å². The number of carbonyl (C=O) groups is 2. The summed E-state index contributed by atoms with van der Waals surface area (Å²) in [5.41, 5.74) is 6.17. The predicted octanol–water partition coefficient (Wildman–Crippen LogP) is 5.86. The molecule has 1 aliphatic heterocycles. The highest BCUT2D eigenvalue weighted by molar-refractivity contribution is 5.98. The number of aryl methyl sites for hydroxylation is 1. The second-order valence-corrected chi connectivity index (χ2v) is 8.86. The van der Waals surface area contributed by atoms with Gasteiger partial charge >= 0.3 is 0 Å². The summed E-state index contributed by atoms with van der Waals surface area (Å²) in [5, 5.41) is 3.02. The Morgan fingerprint density at radius 1 is 0.938 bits per heavy atom. The molecule has 3 aromatic carbocycles. The number of carbonyl (C=O) groups excluding carboxylic acids is 2. The quantitative estimate of drug-likeness (QED) is 0.514. The van der Waals surface area contributed by atoms with Gasteiger partial charge in [0.1, 0.15) is 0 Å². The van der Waals surface area contributed by atoms with Crippen LogP contribution < -0.4 is 10.2 Å². The zero-order valence-corrected chi connectivity index (χ0v) is 18.8. The molecule has 0 bridgehead atoms. The lowest BCUT2D eigenvalue weighted by molar-refractivity contribution is -0.119. The Morgan fingerprint density at radius 3 is 2.38 bits per heavy atom. The molecule has 1 heterocycles. The molecule has 1 aliphatic rings. The van der Waals surface area contributed by atoms with Crippen LogP contribution in [0.1, 0.15) is 37.8 Å². The highest BCUT2D eigenvalue weighted by Crippen LogP contribution is 2.31. The van der Waals surface area contributed by atoms with Crippen LogP contribution in [0, 0.1) is 5.92 Å². The Hall–Kier alpha value is -3.40. The van der Waals surface area contributed by atoms with Gasteiger partial charge < -0.3 is 10.2 Å². The van der Waals surface area contributed by atoms with Crippen LogP contribution in [0.25, 0.3) is 11.1 Å². The van der Waals surface area contributed by atoms with Crippen molar-refractivity contribution in [2.75, 3.05) is 16.8 Å². The van der Waals surface area contributed by atoms with E-state index in [1.165, 1.54) is 5.56 Å². The van der Waals surface area contributed by atoms with Crippen LogP contribution in [0.3, 0.4) is 0 Å². The second kappa shape index (κ2) is 9.82. The van der Waals surface area contributed by atoms with Crippen molar-refractivity contribution in [3.05, 3.63) is 83.9 Å². The van der Waals surface area contributed by atoms with Crippen molar-refractivity contribution in [1.82, 2.24) is 0 Å². The topological polar surface area (TPSA) is 49.4 Å². The van der Waals surface area contributed by atoms with Crippen molar-refractivity contribution >= 4 is 23.2 Å². The predicted molar refractivity (Wildman–Crippen MR) is 131 cm³/mol. The van der Waals surface area contributed by atoms with Crippen LogP contribution in [-0.4, -0.2) is 18.4 Å². The molecule has 2 amide bonds. The van der Waals surface area contributed by atoms with Crippen LogP contribution in [0.15, 0.2) is 72.8 Å². The van der Waals surface area contributed by atoms with E-state index in [4.69, 9.17) is 0 Å². The van der Waals surface area contributed by atoms with Crippen molar-refractivity contribution in [2.45, 2.75) is 39.5 Å². The molecule has 0 fully saturated rings. The van der Waals surface area contributed by atoms with Crippen molar-refractivity contribution in [2.24, 2.45) is 5.92 Å². The van der Waals surface area contributed by atoms with Gasteiger partial charge in [0.05, 0.1) is 6.42 Å². The van der Waals surface area contributed by atoms with Gasteiger partial charge in [-0.15, -0.1) is 0 Å². The van der Waals surface area contributed by atoms with Gasteiger partial charge in [-0.25, -0.2) is 0 Å². The number of anilines is 2. The number of amides is 2. The van der Waals surface area contributed by atoms with Crippen LogP contribution >= 0.6 is 0 Å². The van der Waals surface area contributed by atoms with Gasteiger partial charge in [-0.05, 0) is 59.2 Å². The third-order valence-electron chi connectivity index (χ3n) is 5.92. The van der Waals surface area contributed by atoms with Crippen molar-refractivity contribution in [3.63, 3.8) is 0 Å². The molecule has 0 spiro atoms. The summed E-state index contributed by atoms with van der Waals surface area (Å²) < 4.78 is 0. The molecule has 164 valence electrons. The molecule has 0 atom stereocenters. The lowest BCUT2D eigenvalue weighted by Gasteiger charge is -2.30. The molecule has 0 saturated heterocycles. The molecule has 4 heteroatoms. The average molecular weight is 427 g/mol. The van der Waals surface area contributed by atoms with E-state index >= 15 is 0 Å². The minimum atomic E-state index is -0.0408. The monoisotopic (exact) mass is 426 g/mol. The second-order valence-electron chi connectivity index (χ2n) is 8.86. The molecule has 4 rings (SSSR count). The highest BCUT2D eigenvalue weighted by Gasteiger charge is 2.24. The first-order valence-corrected chi connectivity index (χ1v) is 11.4. The maximum absolute atomic E-state index is 12.6. The number of hydrogen-bond acceptors (Lipinski definition) is 2. The molecule has 3 aromatic rings. The van der Waals surface area contributed by atoms with E-state index in [1.54, 1.807) is 0 Å². The zero-order chi connectivity index (χ0) is 22.5. The number of benzene rings is 3.